The molecule has 2 N–H and O–H groups in total. The molecule has 1 aromatic heterocycles. The van der Waals surface area contributed by atoms with E-state index in [1.165, 1.54) is 0 Å². The van der Waals surface area contributed by atoms with Crippen molar-refractivity contribution >= 4 is 29.9 Å². The number of hydrogen-bond donors (Lipinski definition) is 2. The number of guanidine groups is 1. The number of aromatic nitrogens is 1. The maximum Gasteiger partial charge on any atom is 0.191 e. The zero-order chi connectivity index (χ0) is 19.6. The molecule has 0 spiro atoms. The van der Waals surface area contributed by atoms with E-state index in [-0.39, 0.29) is 30.1 Å². The second kappa shape index (κ2) is 12.5. The third kappa shape index (κ3) is 6.88. The number of halogens is 1. The van der Waals surface area contributed by atoms with Gasteiger partial charge in [-0.1, -0.05) is 19.0 Å². The van der Waals surface area contributed by atoms with Crippen molar-refractivity contribution in [2.45, 2.75) is 46.3 Å². The van der Waals surface area contributed by atoms with Crippen molar-refractivity contribution in [3.63, 3.8) is 0 Å². The van der Waals surface area contributed by atoms with Crippen molar-refractivity contribution in [2.75, 3.05) is 20.7 Å². The molecule has 0 radical (unpaired) electrons. The first-order chi connectivity index (χ1) is 13.1. The van der Waals surface area contributed by atoms with E-state index < -0.39 is 0 Å². The van der Waals surface area contributed by atoms with E-state index in [2.05, 4.69) is 34.6 Å². The number of nitrogens with one attached hydrogen (secondary N) is 2. The average Bonchev–Trinajstić information content (AvgIpc) is 3.10. The molecule has 0 fully saturated rings. The molecule has 0 amide bonds. The van der Waals surface area contributed by atoms with Gasteiger partial charge in [0.1, 0.15) is 23.4 Å². The van der Waals surface area contributed by atoms with Crippen molar-refractivity contribution in [1.29, 1.82) is 0 Å². The maximum atomic E-state index is 5.91. The summed E-state index contributed by atoms with van der Waals surface area (Å²) in [6, 6.07) is 7.55. The molecule has 0 saturated carbocycles. The fraction of sp³-hybridized carbons (Fsp3) is 0.500. The Bertz CT molecular complexity index is 710. The minimum absolute atomic E-state index is 0. The molecule has 28 heavy (non-hydrogen) atoms. The molecular weight excluding hydrogens is 471 g/mol. The van der Waals surface area contributed by atoms with Gasteiger partial charge in [0, 0.05) is 25.6 Å². The van der Waals surface area contributed by atoms with Gasteiger partial charge in [0.05, 0.1) is 19.3 Å². The van der Waals surface area contributed by atoms with Crippen LogP contribution in [0.1, 0.15) is 37.8 Å². The number of methoxy groups -OCH3 is 1. The number of rotatable bonds is 9. The van der Waals surface area contributed by atoms with Gasteiger partial charge >= 0.3 is 0 Å². The third-order valence-electron chi connectivity index (χ3n) is 4.22. The minimum Gasteiger partial charge on any atom is -0.497 e. The van der Waals surface area contributed by atoms with Gasteiger partial charge in [-0.3, -0.25) is 4.99 Å². The lowest BCUT2D eigenvalue weighted by molar-refractivity contribution is 0.223. The van der Waals surface area contributed by atoms with Crippen LogP contribution in [0.3, 0.4) is 0 Å². The van der Waals surface area contributed by atoms with Crippen LogP contribution < -0.4 is 20.1 Å². The van der Waals surface area contributed by atoms with Crippen LogP contribution in [0.5, 0.6) is 11.5 Å². The Hall–Kier alpha value is -1.97. The van der Waals surface area contributed by atoms with Gasteiger partial charge in [-0.15, -0.1) is 24.0 Å². The van der Waals surface area contributed by atoms with E-state index in [0.717, 1.165) is 41.4 Å². The van der Waals surface area contributed by atoms with Crippen LogP contribution in [0.25, 0.3) is 0 Å². The molecule has 8 heteroatoms. The van der Waals surface area contributed by atoms with Gasteiger partial charge < -0.3 is 24.6 Å². The Balaban J connectivity index is 0.00000392. The van der Waals surface area contributed by atoms with Gasteiger partial charge in [0.15, 0.2) is 5.96 Å². The Morgan fingerprint density at radius 2 is 1.82 bits per heavy atom. The molecule has 0 aliphatic heterocycles. The smallest absolute Gasteiger partial charge is 0.191 e. The van der Waals surface area contributed by atoms with Crippen molar-refractivity contribution < 1.29 is 14.0 Å². The molecule has 1 heterocycles. The highest BCUT2D eigenvalue weighted by molar-refractivity contribution is 14.0. The first-order valence-electron chi connectivity index (χ1n) is 9.32. The van der Waals surface area contributed by atoms with Crippen molar-refractivity contribution in [2.24, 2.45) is 4.99 Å². The minimum atomic E-state index is -0.0232. The standard InChI is InChI=1S/C20H30N4O3.HI/c1-6-18-17(19(7-2)27-24-18)13-23-20(21-4)22-12-14(3)26-16-10-8-15(25-5)9-11-16;/h8-11,14H,6-7,12-13H2,1-5H3,(H2,21,22,23);1H. The fourth-order valence-corrected chi connectivity index (χ4v) is 2.70. The van der Waals surface area contributed by atoms with Crippen molar-refractivity contribution in [1.82, 2.24) is 15.8 Å². The zero-order valence-electron chi connectivity index (χ0n) is 17.2. The van der Waals surface area contributed by atoms with Crippen molar-refractivity contribution in [3.8, 4) is 11.5 Å². The summed E-state index contributed by atoms with van der Waals surface area (Å²) < 4.78 is 16.5. The van der Waals surface area contributed by atoms with Crippen molar-refractivity contribution in [3.05, 3.63) is 41.3 Å². The summed E-state index contributed by atoms with van der Waals surface area (Å²) in [5.74, 6) is 3.25. The molecule has 2 aromatic rings. The summed E-state index contributed by atoms with van der Waals surface area (Å²) in [5, 5.41) is 10.7. The SMILES string of the molecule is CCc1noc(CC)c1CNC(=NC)NCC(C)Oc1ccc(OC)cc1.I. The maximum absolute atomic E-state index is 5.91. The van der Waals surface area contributed by atoms with E-state index in [1.807, 2.05) is 31.2 Å². The average molecular weight is 502 g/mol. The normalized spacial score (nSPS) is 12.1. The van der Waals surface area contributed by atoms with Crippen LogP contribution >= 0.6 is 24.0 Å². The molecule has 0 aliphatic carbocycles. The second-order valence-corrected chi connectivity index (χ2v) is 6.15. The van der Waals surface area contributed by atoms with Crippen LogP contribution in [-0.4, -0.2) is 37.9 Å². The number of hydrogen-bond acceptors (Lipinski definition) is 5. The predicted molar refractivity (Wildman–Crippen MR) is 122 cm³/mol. The van der Waals surface area contributed by atoms with Gasteiger partial charge in [-0.25, -0.2) is 0 Å². The van der Waals surface area contributed by atoms with Gasteiger partial charge in [-0.2, -0.15) is 0 Å². The summed E-state index contributed by atoms with van der Waals surface area (Å²) in [7, 11) is 3.40. The molecule has 1 atom stereocenters. The molecule has 0 bridgehead atoms. The molecule has 2 rings (SSSR count). The Labute approximate surface area is 184 Å². The van der Waals surface area contributed by atoms with E-state index >= 15 is 0 Å². The second-order valence-electron chi connectivity index (χ2n) is 6.15. The number of ether oxygens (including phenoxy) is 2. The number of aryl methyl sites for hydroxylation is 2. The highest BCUT2D eigenvalue weighted by Crippen LogP contribution is 2.18. The summed E-state index contributed by atoms with van der Waals surface area (Å²) in [6.07, 6.45) is 1.65. The number of benzene rings is 1. The fourth-order valence-electron chi connectivity index (χ4n) is 2.70. The summed E-state index contributed by atoms with van der Waals surface area (Å²) in [6.45, 7) is 7.40. The summed E-state index contributed by atoms with van der Waals surface area (Å²) >= 11 is 0. The van der Waals surface area contributed by atoms with E-state index in [1.54, 1.807) is 14.2 Å². The van der Waals surface area contributed by atoms with Gasteiger partial charge in [0.25, 0.3) is 0 Å². The summed E-state index contributed by atoms with van der Waals surface area (Å²) in [4.78, 5) is 4.27. The largest absolute Gasteiger partial charge is 0.497 e. The first-order valence-corrected chi connectivity index (χ1v) is 9.32. The lowest BCUT2D eigenvalue weighted by atomic mass is 10.1. The highest BCUT2D eigenvalue weighted by atomic mass is 127. The zero-order valence-corrected chi connectivity index (χ0v) is 19.6. The van der Waals surface area contributed by atoms with Gasteiger partial charge in [-0.05, 0) is 37.6 Å². The molecule has 7 nitrogen and oxygen atoms in total. The van der Waals surface area contributed by atoms with Crippen LogP contribution in [0.15, 0.2) is 33.8 Å². The quantitative estimate of drug-likeness (QED) is 0.310. The lowest BCUT2D eigenvalue weighted by Gasteiger charge is -2.18. The molecular formula is C20H31IN4O3. The molecule has 0 aliphatic rings. The van der Waals surface area contributed by atoms with Crippen LogP contribution in [-0.2, 0) is 19.4 Å². The van der Waals surface area contributed by atoms with E-state index in [9.17, 15) is 0 Å². The van der Waals surface area contributed by atoms with Gasteiger partial charge in [0.2, 0.25) is 0 Å². The number of aliphatic imine (C=N–C) groups is 1. The topological polar surface area (TPSA) is 80.9 Å². The Morgan fingerprint density at radius 3 is 2.39 bits per heavy atom. The molecule has 156 valence electrons. The van der Waals surface area contributed by atoms with Crippen LogP contribution in [0.2, 0.25) is 0 Å². The third-order valence-corrected chi connectivity index (χ3v) is 4.22. The lowest BCUT2D eigenvalue weighted by Crippen LogP contribution is -2.41. The van der Waals surface area contributed by atoms with Crippen LogP contribution in [0, 0.1) is 0 Å². The van der Waals surface area contributed by atoms with E-state index in [4.69, 9.17) is 14.0 Å². The Morgan fingerprint density at radius 1 is 1.14 bits per heavy atom. The highest BCUT2D eigenvalue weighted by Gasteiger charge is 2.14. The molecule has 1 aromatic carbocycles. The summed E-state index contributed by atoms with van der Waals surface area (Å²) in [5.41, 5.74) is 2.11. The number of nitrogens with zero attached hydrogens (tertiary/aromatic N) is 2. The molecule has 0 saturated heterocycles. The monoisotopic (exact) mass is 502 g/mol. The Kier molecular flexibility index (Phi) is 10.7. The van der Waals surface area contributed by atoms with E-state index in [0.29, 0.717) is 19.0 Å². The molecule has 1 unspecified atom stereocenters. The predicted octanol–water partition coefficient (Wildman–Crippen LogP) is 3.56. The first kappa shape index (κ1) is 24.1. The van der Waals surface area contributed by atoms with Crippen LogP contribution in [0.4, 0.5) is 0 Å².